The summed E-state index contributed by atoms with van der Waals surface area (Å²) in [4.78, 5) is 37.4. The van der Waals surface area contributed by atoms with Crippen LogP contribution < -0.4 is 10.6 Å². The van der Waals surface area contributed by atoms with E-state index in [-0.39, 0.29) is 11.6 Å². The van der Waals surface area contributed by atoms with Gasteiger partial charge in [0.25, 0.3) is 5.91 Å². The second kappa shape index (κ2) is 5.84. The van der Waals surface area contributed by atoms with Gasteiger partial charge in [-0.1, -0.05) is 0 Å². The summed E-state index contributed by atoms with van der Waals surface area (Å²) in [6.45, 7) is 2.86. The van der Waals surface area contributed by atoms with E-state index in [4.69, 9.17) is 0 Å². The highest BCUT2D eigenvalue weighted by molar-refractivity contribution is 5.94. The minimum atomic E-state index is -0.199. The lowest BCUT2D eigenvalue weighted by atomic mass is 10.2. The molecule has 0 aliphatic carbocycles. The second-order valence-corrected chi connectivity index (χ2v) is 5.82. The van der Waals surface area contributed by atoms with E-state index in [2.05, 4.69) is 19.9 Å². The predicted octanol–water partition coefficient (Wildman–Crippen LogP) is 1.21. The minimum absolute atomic E-state index is 0.0440. The highest BCUT2D eigenvalue weighted by Gasteiger charge is 2.22. The van der Waals surface area contributed by atoms with Crippen molar-refractivity contribution in [3.05, 3.63) is 58.8 Å². The number of imidazole rings is 1. The molecule has 2 aromatic heterocycles. The van der Waals surface area contributed by atoms with E-state index in [1.54, 1.807) is 24.5 Å². The minimum Gasteiger partial charge on any atom is -0.368 e. The Balaban J connectivity index is 1.47. The van der Waals surface area contributed by atoms with Gasteiger partial charge in [0.2, 0.25) is 0 Å². The van der Waals surface area contributed by atoms with Gasteiger partial charge in [-0.25, -0.2) is 4.79 Å². The number of amides is 1. The van der Waals surface area contributed by atoms with Crippen LogP contribution in [-0.2, 0) is 0 Å². The molecule has 1 aliphatic rings. The average Bonchev–Trinajstić information content (AvgIpc) is 3.01. The van der Waals surface area contributed by atoms with Gasteiger partial charge in [0.1, 0.15) is 0 Å². The Hall–Kier alpha value is -3.09. The van der Waals surface area contributed by atoms with E-state index in [1.165, 1.54) is 0 Å². The Morgan fingerprint density at radius 3 is 2.42 bits per heavy atom. The number of piperazine rings is 1. The van der Waals surface area contributed by atoms with Crippen LogP contribution in [-0.4, -0.2) is 51.9 Å². The van der Waals surface area contributed by atoms with Crippen molar-refractivity contribution in [2.24, 2.45) is 0 Å². The number of benzene rings is 1. The molecule has 0 spiro atoms. The van der Waals surface area contributed by atoms with Gasteiger partial charge in [-0.3, -0.25) is 9.78 Å². The lowest BCUT2D eigenvalue weighted by molar-refractivity contribution is 0.0746. The first-order chi connectivity index (χ1) is 11.7. The summed E-state index contributed by atoms with van der Waals surface area (Å²) < 4.78 is 0. The third-order valence-corrected chi connectivity index (χ3v) is 4.36. The average molecular weight is 323 g/mol. The van der Waals surface area contributed by atoms with Crippen LogP contribution in [0.5, 0.6) is 0 Å². The number of pyridine rings is 1. The lowest BCUT2D eigenvalue weighted by Crippen LogP contribution is -2.48. The molecule has 0 bridgehead atoms. The number of hydrogen-bond acceptors (Lipinski definition) is 4. The van der Waals surface area contributed by atoms with Crippen LogP contribution in [0.25, 0.3) is 11.0 Å². The zero-order valence-electron chi connectivity index (χ0n) is 13.0. The first-order valence-electron chi connectivity index (χ1n) is 7.87. The number of carbonyl (C=O) groups excluding carboxylic acids is 1. The summed E-state index contributed by atoms with van der Waals surface area (Å²) in [5.41, 5.74) is 3.12. The van der Waals surface area contributed by atoms with E-state index in [0.717, 1.165) is 29.8 Å². The molecular weight excluding hydrogens is 306 g/mol. The maximum atomic E-state index is 12.5. The van der Waals surface area contributed by atoms with Gasteiger partial charge in [-0.15, -0.1) is 0 Å². The monoisotopic (exact) mass is 323 g/mol. The van der Waals surface area contributed by atoms with Gasteiger partial charge in [-0.2, -0.15) is 0 Å². The molecule has 3 heterocycles. The van der Waals surface area contributed by atoms with Crippen molar-refractivity contribution in [1.29, 1.82) is 0 Å². The highest BCUT2D eigenvalue weighted by atomic mass is 16.2. The largest absolute Gasteiger partial charge is 0.368 e. The number of fused-ring (bicyclic) bond motifs is 1. The van der Waals surface area contributed by atoms with Crippen LogP contribution in [0.1, 0.15) is 10.4 Å². The van der Waals surface area contributed by atoms with Crippen molar-refractivity contribution in [3.8, 4) is 0 Å². The molecule has 0 radical (unpaired) electrons. The van der Waals surface area contributed by atoms with Crippen molar-refractivity contribution in [2.75, 3.05) is 31.1 Å². The number of nitrogens with one attached hydrogen (secondary N) is 2. The smallest absolute Gasteiger partial charge is 0.323 e. The van der Waals surface area contributed by atoms with Crippen LogP contribution in [0, 0.1) is 0 Å². The van der Waals surface area contributed by atoms with E-state index >= 15 is 0 Å². The van der Waals surface area contributed by atoms with Gasteiger partial charge >= 0.3 is 5.69 Å². The molecule has 0 atom stereocenters. The lowest BCUT2D eigenvalue weighted by Gasteiger charge is -2.36. The Bertz CT molecular complexity index is 923. The van der Waals surface area contributed by atoms with E-state index in [9.17, 15) is 9.59 Å². The first kappa shape index (κ1) is 14.5. The number of carbonyl (C=O) groups is 1. The van der Waals surface area contributed by atoms with Gasteiger partial charge in [-0.05, 0) is 30.3 Å². The fourth-order valence-corrected chi connectivity index (χ4v) is 3.06. The molecule has 7 heteroatoms. The third kappa shape index (κ3) is 2.64. The molecule has 7 nitrogen and oxygen atoms in total. The standard InChI is InChI=1S/C17H17N5O2/c23-16(12-3-5-18-6-4-12)22-9-7-21(8-10-22)13-1-2-14-15(11-13)20-17(24)19-14/h1-6,11H,7-10H2,(H2,19,20,24). The maximum absolute atomic E-state index is 12.5. The van der Waals surface area contributed by atoms with Crippen molar-refractivity contribution in [2.45, 2.75) is 0 Å². The quantitative estimate of drug-likeness (QED) is 0.742. The maximum Gasteiger partial charge on any atom is 0.323 e. The number of H-pyrrole nitrogens is 2. The molecule has 1 aromatic carbocycles. The zero-order valence-corrected chi connectivity index (χ0v) is 13.0. The molecule has 24 heavy (non-hydrogen) atoms. The van der Waals surface area contributed by atoms with E-state index < -0.39 is 0 Å². The number of aromatic amines is 2. The number of hydrogen-bond donors (Lipinski definition) is 2. The first-order valence-corrected chi connectivity index (χ1v) is 7.87. The molecule has 2 N–H and O–H groups in total. The summed E-state index contributed by atoms with van der Waals surface area (Å²) in [6.07, 6.45) is 3.27. The second-order valence-electron chi connectivity index (χ2n) is 5.82. The zero-order chi connectivity index (χ0) is 16.5. The normalized spacial score (nSPS) is 15.0. The predicted molar refractivity (Wildman–Crippen MR) is 91.3 cm³/mol. The van der Waals surface area contributed by atoms with Gasteiger partial charge in [0.15, 0.2) is 0 Å². The third-order valence-electron chi connectivity index (χ3n) is 4.36. The fourth-order valence-electron chi connectivity index (χ4n) is 3.06. The Morgan fingerprint density at radius 1 is 0.958 bits per heavy atom. The van der Waals surface area contributed by atoms with Gasteiger partial charge < -0.3 is 19.8 Å². The number of aromatic nitrogens is 3. The molecule has 1 amide bonds. The van der Waals surface area contributed by atoms with Gasteiger partial charge in [0, 0.05) is 49.8 Å². The molecule has 1 aliphatic heterocycles. The molecule has 0 unspecified atom stereocenters. The number of anilines is 1. The summed E-state index contributed by atoms with van der Waals surface area (Å²) >= 11 is 0. The van der Waals surface area contributed by atoms with Crippen molar-refractivity contribution in [3.63, 3.8) is 0 Å². The van der Waals surface area contributed by atoms with Crippen LogP contribution in [0.2, 0.25) is 0 Å². The fraction of sp³-hybridized carbons (Fsp3) is 0.235. The van der Waals surface area contributed by atoms with Crippen molar-refractivity contribution >= 4 is 22.6 Å². The van der Waals surface area contributed by atoms with Crippen LogP contribution in [0.3, 0.4) is 0 Å². The van der Waals surface area contributed by atoms with Crippen molar-refractivity contribution in [1.82, 2.24) is 19.9 Å². The molecule has 3 aromatic rings. The van der Waals surface area contributed by atoms with Gasteiger partial charge in [0.05, 0.1) is 11.0 Å². The van der Waals surface area contributed by atoms with E-state index in [0.29, 0.717) is 18.7 Å². The summed E-state index contributed by atoms with van der Waals surface area (Å²) in [5, 5.41) is 0. The summed E-state index contributed by atoms with van der Waals surface area (Å²) in [7, 11) is 0. The van der Waals surface area contributed by atoms with Crippen LogP contribution in [0.4, 0.5) is 5.69 Å². The highest BCUT2D eigenvalue weighted by Crippen LogP contribution is 2.21. The summed E-state index contributed by atoms with van der Waals surface area (Å²) in [6, 6.07) is 9.34. The SMILES string of the molecule is O=C(c1ccncc1)N1CCN(c2ccc3[nH]c(=O)[nH]c3c2)CC1. The van der Waals surface area contributed by atoms with Crippen LogP contribution >= 0.6 is 0 Å². The van der Waals surface area contributed by atoms with Crippen molar-refractivity contribution < 1.29 is 4.79 Å². The topological polar surface area (TPSA) is 85.1 Å². The number of nitrogens with zero attached hydrogens (tertiary/aromatic N) is 3. The van der Waals surface area contributed by atoms with E-state index in [1.807, 2.05) is 23.1 Å². The molecule has 4 rings (SSSR count). The Kier molecular flexibility index (Phi) is 3.53. The molecular formula is C17H17N5O2. The Morgan fingerprint density at radius 2 is 1.67 bits per heavy atom. The molecule has 122 valence electrons. The van der Waals surface area contributed by atoms with Crippen LogP contribution in [0.15, 0.2) is 47.5 Å². The number of rotatable bonds is 2. The molecule has 1 fully saturated rings. The Labute approximate surface area is 137 Å². The molecule has 0 saturated carbocycles. The molecule has 1 saturated heterocycles. The summed E-state index contributed by atoms with van der Waals surface area (Å²) in [5.74, 6) is 0.0440.